The van der Waals surface area contributed by atoms with E-state index < -0.39 is 5.92 Å². The molecule has 0 aliphatic carbocycles. The molecule has 0 heterocycles. The maximum absolute atomic E-state index is 11.9. The summed E-state index contributed by atoms with van der Waals surface area (Å²) in [6.07, 6.45) is -0.104. The van der Waals surface area contributed by atoms with Gasteiger partial charge in [-0.2, -0.15) is 10.5 Å². The van der Waals surface area contributed by atoms with Crippen molar-refractivity contribution in [2.45, 2.75) is 13.3 Å². The van der Waals surface area contributed by atoms with Crippen LogP contribution in [0.1, 0.15) is 22.3 Å². The van der Waals surface area contributed by atoms with E-state index in [1.165, 1.54) is 7.11 Å². The molecule has 0 unspecified atom stereocenters. The number of carbonyl (C=O) groups is 1. The van der Waals surface area contributed by atoms with Gasteiger partial charge in [-0.25, -0.2) is 0 Å². The molecule has 0 bridgehead atoms. The van der Waals surface area contributed by atoms with Gasteiger partial charge >= 0.3 is 0 Å². The molecule has 4 heteroatoms. The molecular weight excluding hydrogens is 216 g/mol. The number of hydrogen-bond acceptors (Lipinski definition) is 4. The molecule has 0 saturated carbocycles. The molecule has 0 aromatic heterocycles. The van der Waals surface area contributed by atoms with Crippen molar-refractivity contribution in [3.05, 3.63) is 29.3 Å². The van der Waals surface area contributed by atoms with Crippen LogP contribution in [0.4, 0.5) is 0 Å². The first-order valence-electron chi connectivity index (χ1n) is 5.09. The summed E-state index contributed by atoms with van der Waals surface area (Å²) in [5.74, 6) is -0.693. The van der Waals surface area contributed by atoms with E-state index in [1.54, 1.807) is 24.3 Å². The third-order valence-electron chi connectivity index (χ3n) is 2.36. The number of rotatable bonds is 4. The largest absolute Gasteiger partial charge is 0.496 e. The first kappa shape index (κ1) is 12.7. The van der Waals surface area contributed by atoms with E-state index in [-0.39, 0.29) is 12.2 Å². The number of nitrogens with zero attached hydrogens (tertiary/aromatic N) is 2. The lowest BCUT2D eigenvalue weighted by atomic mass is 9.98. The molecule has 1 aromatic rings. The van der Waals surface area contributed by atoms with E-state index in [2.05, 4.69) is 0 Å². The van der Waals surface area contributed by atoms with Crippen LogP contribution in [0.3, 0.4) is 0 Å². The number of ketones is 1. The van der Waals surface area contributed by atoms with Gasteiger partial charge in [-0.1, -0.05) is 11.6 Å². The van der Waals surface area contributed by atoms with Crippen molar-refractivity contribution in [3.63, 3.8) is 0 Å². The van der Waals surface area contributed by atoms with Crippen LogP contribution >= 0.6 is 0 Å². The van der Waals surface area contributed by atoms with Crippen molar-refractivity contribution in [3.8, 4) is 17.9 Å². The van der Waals surface area contributed by atoms with Gasteiger partial charge in [0.1, 0.15) is 11.7 Å². The van der Waals surface area contributed by atoms with Crippen LogP contribution in [0.25, 0.3) is 0 Å². The van der Waals surface area contributed by atoms with E-state index in [1.807, 2.05) is 13.0 Å². The van der Waals surface area contributed by atoms with E-state index in [4.69, 9.17) is 15.3 Å². The fraction of sp³-hybridized carbons (Fsp3) is 0.308. The lowest BCUT2D eigenvalue weighted by Crippen LogP contribution is -2.07. The summed E-state index contributed by atoms with van der Waals surface area (Å²) in [6.45, 7) is 1.86. The van der Waals surface area contributed by atoms with Gasteiger partial charge in [-0.15, -0.1) is 0 Å². The van der Waals surface area contributed by atoms with Crippen LogP contribution in [-0.2, 0) is 0 Å². The lowest BCUT2D eigenvalue weighted by molar-refractivity contribution is 0.0973. The lowest BCUT2D eigenvalue weighted by Gasteiger charge is -2.08. The minimum absolute atomic E-state index is 0.104. The zero-order valence-electron chi connectivity index (χ0n) is 9.73. The summed E-state index contributed by atoms with van der Waals surface area (Å²) < 4.78 is 5.08. The molecule has 1 rings (SSSR count). The van der Waals surface area contributed by atoms with Crippen LogP contribution in [0, 0.1) is 35.5 Å². The van der Waals surface area contributed by atoms with Gasteiger partial charge in [0.25, 0.3) is 0 Å². The number of nitriles is 2. The third-order valence-corrected chi connectivity index (χ3v) is 2.36. The van der Waals surface area contributed by atoms with Crippen molar-refractivity contribution in [2.75, 3.05) is 7.11 Å². The second-order valence-electron chi connectivity index (χ2n) is 3.64. The van der Waals surface area contributed by atoms with Crippen LogP contribution in [0.15, 0.2) is 18.2 Å². The highest BCUT2D eigenvalue weighted by Crippen LogP contribution is 2.22. The minimum Gasteiger partial charge on any atom is -0.496 e. The zero-order chi connectivity index (χ0) is 12.8. The SMILES string of the molecule is COc1ccc(C)cc1C(=O)CC(C#N)C#N. The Morgan fingerprint density at radius 2 is 2.06 bits per heavy atom. The van der Waals surface area contributed by atoms with Gasteiger partial charge in [-0.05, 0) is 19.1 Å². The molecule has 1 aromatic carbocycles. The van der Waals surface area contributed by atoms with Crippen LogP contribution in [-0.4, -0.2) is 12.9 Å². The maximum Gasteiger partial charge on any atom is 0.168 e. The average Bonchev–Trinajstić information content (AvgIpc) is 2.35. The van der Waals surface area contributed by atoms with Crippen molar-refractivity contribution >= 4 is 5.78 Å². The number of hydrogen-bond donors (Lipinski definition) is 0. The fourth-order valence-electron chi connectivity index (χ4n) is 1.46. The van der Waals surface area contributed by atoms with Crippen LogP contribution in [0.2, 0.25) is 0 Å². The van der Waals surface area contributed by atoms with Crippen molar-refractivity contribution in [1.29, 1.82) is 10.5 Å². The molecule has 17 heavy (non-hydrogen) atoms. The van der Waals surface area contributed by atoms with Crippen molar-refractivity contribution in [2.24, 2.45) is 5.92 Å². The van der Waals surface area contributed by atoms with E-state index in [0.29, 0.717) is 11.3 Å². The maximum atomic E-state index is 11.9. The second kappa shape index (κ2) is 5.67. The molecule has 4 nitrogen and oxygen atoms in total. The molecule has 0 atom stereocenters. The number of carbonyl (C=O) groups excluding carboxylic acids is 1. The highest BCUT2D eigenvalue weighted by molar-refractivity contribution is 5.99. The fourth-order valence-corrected chi connectivity index (χ4v) is 1.46. The molecule has 0 saturated heterocycles. The molecule has 0 aliphatic heterocycles. The standard InChI is InChI=1S/C13H12N2O2/c1-9-3-4-13(17-2)11(5-9)12(16)6-10(7-14)8-15/h3-5,10H,6H2,1-2H3. The smallest absolute Gasteiger partial charge is 0.168 e. The van der Waals surface area contributed by atoms with Crippen LogP contribution in [0.5, 0.6) is 5.75 Å². The summed E-state index contributed by atoms with van der Waals surface area (Å²) in [5.41, 5.74) is 1.35. The monoisotopic (exact) mass is 228 g/mol. The van der Waals surface area contributed by atoms with Crippen molar-refractivity contribution in [1.82, 2.24) is 0 Å². The molecule has 0 aliphatic rings. The Morgan fingerprint density at radius 3 is 2.59 bits per heavy atom. The number of benzene rings is 1. The van der Waals surface area contributed by atoms with Gasteiger partial charge in [0.2, 0.25) is 0 Å². The molecule has 0 spiro atoms. The average molecular weight is 228 g/mol. The van der Waals surface area contributed by atoms with E-state index in [0.717, 1.165) is 5.56 Å². The Hall–Kier alpha value is -2.33. The predicted molar refractivity (Wildman–Crippen MR) is 61.4 cm³/mol. The minimum atomic E-state index is -0.910. The first-order valence-corrected chi connectivity index (χ1v) is 5.09. The molecule has 0 amide bonds. The summed E-state index contributed by atoms with van der Waals surface area (Å²) in [7, 11) is 1.48. The van der Waals surface area contributed by atoms with Gasteiger partial charge in [0.05, 0.1) is 24.8 Å². The number of ether oxygens (including phenoxy) is 1. The number of methoxy groups -OCH3 is 1. The molecule has 0 fully saturated rings. The Morgan fingerprint density at radius 1 is 1.41 bits per heavy atom. The summed E-state index contributed by atoms with van der Waals surface area (Å²) in [5, 5.41) is 17.3. The van der Waals surface area contributed by atoms with Gasteiger partial charge < -0.3 is 4.74 Å². The highest BCUT2D eigenvalue weighted by Gasteiger charge is 2.17. The Labute approximate surface area is 100 Å². The summed E-state index contributed by atoms with van der Waals surface area (Å²) in [4.78, 5) is 11.9. The zero-order valence-corrected chi connectivity index (χ0v) is 9.73. The Kier molecular flexibility index (Phi) is 4.25. The van der Waals surface area contributed by atoms with Crippen molar-refractivity contribution < 1.29 is 9.53 Å². The number of Topliss-reactive ketones (excluding diaryl/α,β-unsaturated/α-hetero) is 1. The Bertz CT molecular complexity index is 495. The molecular formula is C13H12N2O2. The summed E-state index contributed by atoms with van der Waals surface area (Å²) in [6, 6.07) is 8.80. The van der Waals surface area contributed by atoms with Crippen LogP contribution < -0.4 is 4.74 Å². The number of aryl methyl sites for hydroxylation is 1. The second-order valence-corrected chi connectivity index (χ2v) is 3.64. The highest BCUT2D eigenvalue weighted by atomic mass is 16.5. The topological polar surface area (TPSA) is 73.9 Å². The Balaban J connectivity index is 3.00. The third kappa shape index (κ3) is 3.06. The van der Waals surface area contributed by atoms with E-state index in [9.17, 15) is 4.79 Å². The van der Waals surface area contributed by atoms with Gasteiger partial charge in [0, 0.05) is 6.42 Å². The summed E-state index contributed by atoms with van der Waals surface area (Å²) >= 11 is 0. The molecule has 0 N–H and O–H groups in total. The first-order chi connectivity index (χ1) is 8.12. The van der Waals surface area contributed by atoms with Gasteiger partial charge in [-0.3, -0.25) is 4.79 Å². The van der Waals surface area contributed by atoms with Gasteiger partial charge in [0.15, 0.2) is 5.78 Å². The van der Waals surface area contributed by atoms with E-state index >= 15 is 0 Å². The normalized spacial score (nSPS) is 9.47. The molecule has 86 valence electrons. The predicted octanol–water partition coefficient (Wildman–Crippen LogP) is 2.24. The quantitative estimate of drug-likeness (QED) is 0.740. The molecule has 0 radical (unpaired) electrons.